The molecule has 0 aromatic heterocycles. The second-order valence-electron chi connectivity index (χ2n) is 4.08. The molecule has 0 radical (unpaired) electrons. The second kappa shape index (κ2) is 5.56. The van der Waals surface area contributed by atoms with E-state index < -0.39 is 0 Å². The molecule has 0 spiro atoms. The minimum absolute atomic E-state index is 0. The maximum Gasteiger partial charge on any atom is 0.227 e. The Balaban J connectivity index is 0.000000980. The Labute approximate surface area is 91.6 Å². The van der Waals surface area contributed by atoms with Crippen molar-refractivity contribution in [2.45, 2.75) is 25.7 Å². The lowest BCUT2D eigenvalue weighted by Crippen LogP contribution is -2.40. The first-order chi connectivity index (χ1) is 6.38. The lowest BCUT2D eigenvalue weighted by atomic mass is 10.0. The fraction of sp³-hybridized carbons (Fsp3) is 0.900. The monoisotopic (exact) mass is 218 g/mol. The standard InChI is InChI=1S/C10H18N2O.ClH/c13-10(9-4-5-11-8-9)12-6-2-1-3-7-12;/h9,11H,1-8H2;1H/t9-;/m0./s1. The molecular weight excluding hydrogens is 200 g/mol. The minimum Gasteiger partial charge on any atom is -0.342 e. The fourth-order valence-electron chi connectivity index (χ4n) is 2.24. The number of carbonyl (C=O) groups excluding carboxylic acids is 1. The Morgan fingerprint density at radius 1 is 1.21 bits per heavy atom. The Kier molecular flexibility index (Phi) is 4.69. The third-order valence-corrected chi connectivity index (χ3v) is 3.08. The van der Waals surface area contributed by atoms with Gasteiger partial charge >= 0.3 is 0 Å². The van der Waals surface area contributed by atoms with Crippen LogP contribution in [0.5, 0.6) is 0 Å². The number of amides is 1. The van der Waals surface area contributed by atoms with E-state index in [-0.39, 0.29) is 18.3 Å². The van der Waals surface area contributed by atoms with Gasteiger partial charge in [-0.05, 0) is 32.2 Å². The van der Waals surface area contributed by atoms with Crippen LogP contribution in [-0.2, 0) is 4.79 Å². The summed E-state index contributed by atoms with van der Waals surface area (Å²) in [4.78, 5) is 13.9. The van der Waals surface area contributed by atoms with Gasteiger partial charge in [-0.3, -0.25) is 4.79 Å². The van der Waals surface area contributed by atoms with Crippen LogP contribution in [0.1, 0.15) is 25.7 Å². The van der Waals surface area contributed by atoms with Gasteiger partial charge in [0.25, 0.3) is 0 Å². The third kappa shape index (κ3) is 2.61. The van der Waals surface area contributed by atoms with Crippen LogP contribution in [-0.4, -0.2) is 37.0 Å². The van der Waals surface area contributed by atoms with Crippen LogP contribution in [0.4, 0.5) is 0 Å². The maximum absolute atomic E-state index is 11.9. The van der Waals surface area contributed by atoms with Crippen molar-refractivity contribution in [1.29, 1.82) is 0 Å². The van der Waals surface area contributed by atoms with Gasteiger partial charge in [-0.1, -0.05) is 0 Å². The van der Waals surface area contributed by atoms with Crippen LogP contribution in [0.2, 0.25) is 0 Å². The molecule has 3 nitrogen and oxygen atoms in total. The number of rotatable bonds is 1. The molecule has 14 heavy (non-hydrogen) atoms. The molecule has 1 N–H and O–H groups in total. The predicted molar refractivity (Wildman–Crippen MR) is 58.7 cm³/mol. The molecule has 0 aromatic carbocycles. The molecule has 0 unspecified atom stereocenters. The van der Waals surface area contributed by atoms with Gasteiger partial charge < -0.3 is 10.2 Å². The topological polar surface area (TPSA) is 32.3 Å². The third-order valence-electron chi connectivity index (χ3n) is 3.08. The minimum atomic E-state index is 0. The summed E-state index contributed by atoms with van der Waals surface area (Å²) in [6.45, 7) is 3.91. The van der Waals surface area contributed by atoms with E-state index in [1.807, 2.05) is 0 Å². The van der Waals surface area contributed by atoms with Crippen molar-refractivity contribution in [2.75, 3.05) is 26.2 Å². The molecule has 4 heteroatoms. The average molecular weight is 219 g/mol. The van der Waals surface area contributed by atoms with Gasteiger partial charge in [-0.15, -0.1) is 12.4 Å². The first-order valence-corrected chi connectivity index (χ1v) is 5.37. The van der Waals surface area contributed by atoms with Gasteiger partial charge in [0.15, 0.2) is 0 Å². The van der Waals surface area contributed by atoms with Crippen LogP contribution in [0.15, 0.2) is 0 Å². The summed E-state index contributed by atoms with van der Waals surface area (Å²) >= 11 is 0. The van der Waals surface area contributed by atoms with Crippen molar-refractivity contribution in [3.63, 3.8) is 0 Å². The highest BCUT2D eigenvalue weighted by Crippen LogP contribution is 2.16. The second-order valence-corrected chi connectivity index (χ2v) is 4.08. The van der Waals surface area contributed by atoms with E-state index in [4.69, 9.17) is 0 Å². The average Bonchev–Trinajstić information content (AvgIpc) is 2.71. The van der Waals surface area contributed by atoms with Gasteiger partial charge in [0, 0.05) is 19.6 Å². The summed E-state index contributed by atoms with van der Waals surface area (Å²) in [7, 11) is 0. The van der Waals surface area contributed by atoms with E-state index in [1.54, 1.807) is 0 Å². The molecule has 0 bridgehead atoms. The van der Waals surface area contributed by atoms with Crippen LogP contribution < -0.4 is 5.32 Å². The van der Waals surface area contributed by atoms with Crippen molar-refractivity contribution in [3.05, 3.63) is 0 Å². The number of nitrogens with one attached hydrogen (secondary N) is 1. The predicted octanol–water partition coefficient (Wildman–Crippen LogP) is 1.03. The number of carbonyl (C=O) groups is 1. The number of nitrogens with zero attached hydrogens (tertiary/aromatic N) is 1. The summed E-state index contributed by atoms with van der Waals surface area (Å²) in [6.07, 6.45) is 4.74. The van der Waals surface area contributed by atoms with Crippen LogP contribution in [0.3, 0.4) is 0 Å². The molecule has 0 aliphatic carbocycles. The molecule has 82 valence electrons. The quantitative estimate of drug-likeness (QED) is 0.713. The Morgan fingerprint density at radius 2 is 1.93 bits per heavy atom. The highest BCUT2D eigenvalue weighted by Gasteiger charge is 2.27. The van der Waals surface area contributed by atoms with Crippen LogP contribution >= 0.6 is 12.4 Å². The normalized spacial score (nSPS) is 27.1. The number of halogens is 1. The van der Waals surface area contributed by atoms with E-state index in [1.165, 1.54) is 19.3 Å². The molecule has 2 saturated heterocycles. The molecule has 1 atom stereocenters. The molecule has 2 aliphatic heterocycles. The van der Waals surface area contributed by atoms with Gasteiger partial charge in [-0.25, -0.2) is 0 Å². The van der Waals surface area contributed by atoms with Gasteiger partial charge in [0.2, 0.25) is 5.91 Å². The van der Waals surface area contributed by atoms with Crippen molar-refractivity contribution in [1.82, 2.24) is 10.2 Å². The van der Waals surface area contributed by atoms with Crippen LogP contribution in [0.25, 0.3) is 0 Å². The summed E-state index contributed by atoms with van der Waals surface area (Å²) in [5.74, 6) is 0.669. The number of piperidine rings is 1. The summed E-state index contributed by atoms with van der Waals surface area (Å²) in [5.41, 5.74) is 0. The Hall–Kier alpha value is -0.280. The Bertz CT molecular complexity index is 187. The first-order valence-electron chi connectivity index (χ1n) is 5.37. The van der Waals surface area contributed by atoms with Gasteiger partial charge in [0.05, 0.1) is 5.92 Å². The van der Waals surface area contributed by atoms with Gasteiger partial charge in [0.1, 0.15) is 0 Å². The molecular formula is C10H19ClN2O. The molecule has 2 heterocycles. The highest BCUT2D eigenvalue weighted by atomic mass is 35.5. The van der Waals surface area contributed by atoms with E-state index >= 15 is 0 Å². The van der Waals surface area contributed by atoms with E-state index in [9.17, 15) is 4.79 Å². The SMILES string of the molecule is Cl.O=C([C@H]1CCNC1)N1CCCCC1. The lowest BCUT2D eigenvalue weighted by molar-refractivity contribution is -0.135. The molecule has 2 fully saturated rings. The summed E-state index contributed by atoms with van der Waals surface area (Å²) < 4.78 is 0. The summed E-state index contributed by atoms with van der Waals surface area (Å²) in [5, 5.41) is 3.24. The lowest BCUT2D eigenvalue weighted by Gasteiger charge is -2.28. The smallest absolute Gasteiger partial charge is 0.227 e. The van der Waals surface area contributed by atoms with Gasteiger partial charge in [-0.2, -0.15) is 0 Å². The van der Waals surface area contributed by atoms with E-state index in [0.29, 0.717) is 5.91 Å². The first kappa shape index (κ1) is 11.8. The number of likely N-dealkylation sites (tertiary alicyclic amines) is 1. The zero-order valence-corrected chi connectivity index (χ0v) is 9.31. The molecule has 2 rings (SSSR count). The molecule has 0 saturated carbocycles. The maximum atomic E-state index is 11.9. The van der Waals surface area contributed by atoms with Crippen molar-refractivity contribution in [2.24, 2.45) is 5.92 Å². The summed E-state index contributed by atoms with van der Waals surface area (Å²) in [6, 6.07) is 0. The van der Waals surface area contributed by atoms with E-state index in [2.05, 4.69) is 10.2 Å². The van der Waals surface area contributed by atoms with Crippen LogP contribution in [0, 0.1) is 5.92 Å². The van der Waals surface area contributed by atoms with Crippen molar-refractivity contribution < 1.29 is 4.79 Å². The fourth-order valence-corrected chi connectivity index (χ4v) is 2.24. The van der Waals surface area contributed by atoms with E-state index in [0.717, 1.165) is 32.6 Å². The largest absolute Gasteiger partial charge is 0.342 e. The zero-order chi connectivity index (χ0) is 9.10. The van der Waals surface area contributed by atoms with Crippen molar-refractivity contribution in [3.8, 4) is 0 Å². The van der Waals surface area contributed by atoms with Crippen molar-refractivity contribution >= 4 is 18.3 Å². The number of hydrogen-bond acceptors (Lipinski definition) is 2. The highest BCUT2D eigenvalue weighted by molar-refractivity contribution is 5.85. The molecule has 1 amide bonds. The zero-order valence-electron chi connectivity index (χ0n) is 8.50. The Morgan fingerprint density at radius 3 is 2.50 bits per heavy atom. The number of hydrogen-bond donors (Lipinski definition) is 1. The molecule has 0 aromatic rings. The molecule has 2 aliphatic rings.